The van der Waals surface area contributed by atoms with E-state index in [0.29, 0.717) is 0 Å². The second kappa shape index (κ2) is 6.93. The lowest BCUT2D eigenvalue weighted by atomic mass is 10.1. The molecule has 0 spiro atoms. The van der Waals surface area contributed by atoms with Crippen LogP contribution in [0.4, 0.5) is 0 Å². The Labute approximate surface area is 147 Å². The Bertz CT molecular complexity index is 744. The highest BCUT2D eigenvalue weighted by Crippen LogP contribution is 2.24. The molecule has 2 aliphatic heterocycles. The van der Waals surface area contributed by atoms with Crippen molar-refractivity contribution in [1.29, 1.82) is 0 Å². The summed E-state index contributed by atoms with van der Waals surface area (Å²) in [6, 6.07) is 12.3. The number of pyridine rings is 1. The monoisotopic (exact) mass is 340 g/mol. The van der Waals surface area contributed by atoms with Gasteiger partial charge in [0.1, 0.15) is 0 Å². The number of rotatable bonds is 4. The Morgan fingerprint density at radius 1 is 1.04 bits per heavy atom. The molecular weight excluding hydrogens is 320 g/mol. The fourth-order valence-corrected chi connectivity index (χ4v) is 3.65. The average molecular weight is 341 g/mol. The molecule has 5 heteroatoms. The molecule has 1 N–H and O–H groups in total. The van der Waals surface area contributed by atoms with Gasteiger partial charge < -0.3 is 5.43 Å². The summed E-state index contributed by atoms with van der Waals surface area (Å²) in [5, 5.41) is 3.11. The van der Waals surface area contributed by atoms with Gasteiger partial charge in [-0.15, -0.1) is 0 Å². The van der Waals surface area contributed by atoms with Crippen LogP contribution in [0.1, 0.15) is 17.5 Å². The van der Waals surface area contributed by atoms with Crippen LogP contribution in [0.25, 0.3) is 0 Å². The molecule has 124 valence electrons. The molecular formula is C19H21ClN4. The van der Waals surface area contributed by atoms with Crippen LogP contribution in [0.5, 0.6) is 0 Å². The maximum atomic E-state index is 6.10. The SMILES string of the molecule is Clc1cccc(CN2CCC3=C(C2)NN(Cc2ccncc2)C3)c1. The minimum atomic E-state index is 0.812. The van der Waals surface area contributed by atoms with Crippen molar-refractivity contribution >= 4 is 11.6 Å². The van der Waals surface area contributed by atoms with Gasteiger partial charge in [0.05, 0.1) is 0 Å². The van der Waals surface area contributed by atoms with Crippen molar-refractivity contribution in [1.82, 2.24) is 20.3 Å². The van der Waals surface area contributed by atoms with Crippen molar-refractivity contribution in [2.75, 3.05) is 19.6 Å². The Morgan fingerprint density at radius 2 is 1.92 bits per heavy atom. The van der Waals surface area contributed by atoms with Crippen LogP contribution in [0.3, 0.4) is 0 Å². The molecule has 4 nitrogen and oxygen atoms in total. The summed E-state index contributed by atoms with van der Waals surface area (Å²) in [6.45, 7) is 4.96. The number of halogens is 1. The number of aromatic nitrogens is 1. The van der Waals surface area contributed by atoms with E-state index in [1.54, 1.807) is 5.57 Å². The number of benzene rings is 1. The third kappa shape index (κ3) is 3.61. The van der Waals surface area contributed by atoms with Crippen molar-refractivity contribution < 1.29 is 0 Å². The zero-order chi connectivity index (χ0) is 16.4. The highest BCUT2D eigenvalue weighted by molar-refractivity contribution is 6.30. The molecule has 0 saturated heterocycles. The summed E-state index contributed by atoms with van der Waals surface area (Å²) >= 11 is 6.10. The van der Waals surface area contributed by atoms with Gasteiger partial charge in [0, 0.05) is 55.8 Å². The van der Waals surface area contributed by atoms with Crippen molar-refractivity contribution in [2.24, 2.45) is 0 Å². The Balaban J connectivity index is 1.36. The topological polar surface area (TPSA) is 31.4 Å². The van der Waals surface area contributed by atoms with Crippen molar-refractivity contribution in [2.45, 2.75) is 19.5 Å². The van der Waals surface area contributed by atoms with Gasteiger partial charge in [-0.1, -0.05) is 23.7 Å². The average Bonchev–Trinajstić information content (AvgIpc) is 2.97. The first-order valence-electron chi connectivity index (χ1n) is 8.34. The predicted octanol–water partition coefficient (Wildman–Crippen LogP) is 3.22. The van der Waals surface area contributed by atoms with Crippen LogP contribution < -0.4 is 5.43 Å². The molecule has 1 aromatic carbocycles. The molecule has 24 heavy (non-hydrogen) atoms. The number of hydrazine groups is 1. The Morgan fingerprint density at radius 3 is 2.75 bits per heavy atom. The van der Waals surface area contributed by atoms with E-state index in [1.165, 1.54) is 16.8 Å². The van der Waals surface area contributed by atoms with E-state index in [2.05, 4.69) is 44.6 Å². The Kier molecular flexibility index (Phi) is 4.52. The van der Waals surface area contributed by atoms with E-state index < -0.39 is 0 Å². The van der Waals surface area contributed by atoms with Gasteiger partial charge in [-0.25, -0.2) is 5.01 Å². The molecule has 0 saturated carbocycles. The lowest BCUT2D eigenvalue weighted by molar-refractivity contribution is 0.234. The van der Waals surface area contributed by atoms with Gasteiger partial charge in [0.15, 0.2) is 0 Å². The molecule has 4 rings (SSSR count). The smallest absolute Gasteiger partial charge is 0.0434 e. The first-order chi connectivity index (χ1) is 11.8. The normalized spacial score (nSPS) is 18.5. The summed E-state index contributed by atoms with van der Waals surface area (Å²) in [5.41, 5.74) is 9.07. The van der Waals surface area contributed by atoms with Crippen LogP contribution >= 0.6 is 11.6 Å². The van der Waals surface area contributed by atoms with E-state index in [4.69, 9.17) is 11.6 Å². The van der Waals surface area contributed by atoms with Gasteiger partial charge in [0.25, 0.3) is 0 Å². The summed E-state index contributed by atoms with van der Waals surface area (Å²) in [5.74, 6) is 0. The second-order valence-electron chi connectivity index (χ2n) is 6.50. The van der Waals surface area contributed by atoms with Crippen molar-refractivity contribution in [3.63, 3.8) is 0 Å². The minimum Gasteiger partial charge on any atom is -0.321 e. The molecule has 0 radical (unpaired) electrons. The lowest BCUT2D eigenvalue weighted by Gasteiger charge is -2.27. The number of nitrogens with one attached hydrogen (secondary N) is 1. The third-order valence-electron chi connectivity index (χ3n) is 4.63. The number of nitrogens with zero attached hydrogens (tertiary/aromatic N) is 3. The lowest BCUT2D eigenvalue weighted by Crippen LogP contribution is -2.36. The molecule has 0 fully saturated rings. The molecule has 3 heterocycles. The molecule has 0 unspecified atom stereocenters. The van der Waals surface area contributed by atoms with Crippen molar-refractivity contribution in [3.05, 3.63) is 76.2 Å². The van der Waals surface area contributed by atoms with Crippen LogP contribution in [0.15, 0.2) is 60.1 Å². The molecule has 0 bridgehead atoms. The fourth-order valence-electron chi connectivity index (χ4n) is 3.44. The molecule has 0 atom stereocenters. The van der Waals surface area contributed by atoms with Gasteiger partial charge in [0.2, 0.25) is 0 Å². The minimum absolute atomic E-state index is 0.812. The van der Waals surface area contributed by atoms with E-state index in [9.17, 15) is 0 Å². The van der Waals surface area contributed by atoms with Crippen LogP contribution in [-0.4, -0.2) is 34.5 Å². The van der Waals surface area contributed by atoms with E-state index in [-0.39, 0.29) is 0 Å². The highest BCUT2D eigenvalue weighted by Gasteiger charge is 2.26. The quantitative estimate of drug-likeness (QED) is 0.926. The molecule has 2 aliphatic rings. The molecule has 0 aliphatic carbocycles. The first-order valence-corrected chi connectivity index (χ1v) is 8.72. The Hall–Kier alpha value is -1.88. The van der Waals surface area contributed by atoms with Gasteiger partial charge >= 0.3 is 0 Å². The standard InChI is InChI=1S/C19H21ClN4/c20-18-3-1-2-16(10-18)11-23-9-6-17-13-24(22-19(17)14-23)12-15-4-7-21-8-5-15/h1-5,7-8,10,22H,6,9,11-14H2. The second-order valence-corrected chi connectivity index (χ2v) is 6.93. The number of hydrogen-bond acceptors (Lipinski definition) is 4. The van der Waals surface area contributed by atoms with E-state index >= 15 is 0 Å². The van der Waals surface area contributed by atoms with E-state index in [0.717, 1.165) is 44.2 Å². The van der Waals surface area contributed by atoms with Gasteiger partial charge in [-0.2, -0.15) is 0 Å². The molecule has 0 amide bonds. The van der Waals surface area contributed by atoms with Crippen LogP contribution in [0.2, 0.25) is 5.02 Å². The number of hydrogen-bond donors (Lipinski definition) is 1. The third-order valence-corrected chi connectivity index (χ3v) is 4.87. The highest BCUT2D eigenvalue weighted by atomic mass is 35.5. The summed E-state index contributed by atoms with van der Waals surface area (Å²) < 4.78 is 0. The fraction of sp³-hybridized carbons (Fsp3) is 0.316. The predicted molar refractivity (Wildman–Crippen MR) is 96.2 cm³/mol. The van der Waals surface area contributed by atoms with Crippen LogP contribution in [0, 0.1) is 0 Å². The largest absolute Gasteiger partial charge is 0.321 e. The summed E-state index contributed by atoms with van der Waals surface area (Å²) in [6.07, 6.45) is 4.84. The van der Waals surface area contributed by atoms with Crippen molar-refractivity contribution in [3.8, 4) is 0 Å². The van der Waals surface area contributed by atoms with Gasteiger partial charge in [-0.3, -0.25) is 9.88 Å². The zero-order valence-corrected chi connectivity index (χ0v) is 14.3. The van der Waals surface area contributed by atoms with E-state index in [1.807, 2.05) is 24.5 Å². The maximum Gasteiger partial charge on any atom is 0.0434 e. The molecule has 1 aromatic heterocycles. The van der Waals surface area contributed by atoms with Gasteiger partial charge in [-0.05, 0) is 47.4 Å². The first kappa shape index (κ1) is 15.6. The summed E-state index contributed by atoms with van der Waals surface area (Å²) in [7, 11) is 0. The van der Waals surface area contributed by atoms with Crippen LogP contribution in [-0.2, 0) is 13.1 Å². The zero-order valence-electron chi connectivity index (χ0n) is 13.6. The maximum absolute atomic E-state index is 6.10. The molecule has 2 aromatic rings. The summed E-state index contributed by atoms with van der Waals surface area (Å²) in [4.78, 5) is 6.56.